The van der Waals surface area contributed by atoms with Gasteiger partial charge in [-0.2, -0.15) is 0 Å². The first-order valence-corrected chi connectivity index (χ1v) is 6.20. The Labute approximate surface area is 118 Å². The van der Waals surface area contributed by atoms with E-state index >= 15 is 0 Å². The topological polar surface area (TPSA) is 38.3 Å². The number of amides is 1. The molecule has 0 spiro atoms. The van der Waals surface area contributed by atoms with Gasteiger partial charge in [-0.1, -0.05) is 24.3 Å². The van der Waals surface area contributed by atoms with Crippen molar-refractivity contribution in [3.8, 4) is 5.75 Å². The largest absolute Gasteiger partial charge is 0.573 e. The third kappa shape index (κ3) is 2.84. The number of carbonyl (C=O) groups excluding carboxylic acids is 1. The number of hydrogen-bond acceptors (Lipinski definition) is 2. The van der Waals surface area contributed by atoms with Crippen molar-refractivity contribution in [3.63, 3.8) is 0 Å². The van der Waals surface area contributed by atoms with Crippen LogP contribution in [-0.4, -0.2) is 12.3 Å². The molecule has 0 fully saturated rings. The van der Waals surface area contributed by atoms with Crippen molar-refractivity contribution >= 4 is 11.6 Å². The van der Waals surface area contributed by atoms with Gasteiger partial charge in [0, 0.05) is 23.7 Å². The number of hydrogen-bond donors (Lipinski definition) is 1. The SMILES string of the molecule is O=C1Nc2cc(OC(F)(F)F)ccc2Cc2ccccc21. The molecule has 0 saturated heterocycles. The fraction of sp³-hybridized carbons (Fsp3) is 0.133. The standard InChI is InChI=1S/C15H10F3NO2/c16-15(17,18)21-11-6-5-10-7-9-3-1-2-4-12(9)14(20)19-13(10)8-11/h1-6,8H,7H2,(H,19,20). The Morgan fingerprint density at radius 1 is 1.05 bits per heavy atom. The molecule has 0 bridgehead atoms. The molecule has 6 heteroatoms. The fourth-order valence-corrected chi connectivity index (χ4v) is 2.31. The maximum Gasteiger partial charge on any atom is 0.573 e. The molecule has 3 rings (SSSR count). The first kappa shape index (κ1) is 13.5. The molecule has 1 amide bonds. The molecule has 0 atom stereocenters. The summed E-state index contributed by atoms with van der Waals surface area (Å²) in [5.74, 6) is -0.694. The molecule has 1 N–H and O–H groups in total. The predicted molar refractivity (Wildman–Crippen MR) is 70.3 cm³/mol. The summed E-state index contributed by atoms with van der Waals surface area (Å²) in [6.07, 6.45) is -4.29. The lowest BCUT2D eigenvalue weighted by molar-refractivity contribution is -0.274. The molecule has 2 aromatic rings. The van der Waals surface area contributed by atoms with Gasteiger partial charge < -0.3 is 10.1 Å². The molecular weight excluding hydrogens is 283 g/mol. The van der Waals surface area contributed by atoms with Gasteiger partial charge in [-0.05, 0) is 23.3 Å². The Balaban J connectivity index is 1.99. The minimum atomic E-state index is -4.76. The Kier molecular flexibility index (Phi) is 3.08. The van der Waals surface area contributed by atoms with Gasteiger partial charge >= 0.3 is 6.36 Å². The first-order chi connectivity index (χ1) is 9.92. The highest BCUT2D eigenvalue weighted by Crippen LogP contribution is 2.31. The van der Waals surface area contributed by atoms with Crippen LogP contribution in [-0.2, 0) is 6.42 Å². The monoisotopic (exact) mass is 293 g/mol. The summed E-state index contributed by atoms with van der Waals surface area (Å²) >= 11 is 0. The summed E-state index contributed by atoms with van der Waals surface area (Å²) in [6, 6.07) is 11.0. The number of ether oxygens (including phenoxy) is 1. The molecule has 3 nitrogen and oxygen atoms in total. The highest BCUT2D eigenvalue weighted by molar-refractivity contribution is 6.06. The quantitative estimate of drug-likeness (QED) is 0.869. The van der Waals surface area contributed by atoms with Crippen molar-refractivity contribution in [1.29, 1.82) is 0 Å². The minimum absolute atomic E-state index is 0.331. The van der Waals surface area contributed by atoms with E-state index in [1.807, 2.05) is 12.1 Å². The molecule has 1 aliphatic rings. The van der Waals surface area contributed by atoms with Crippen LogP contribution in [0, 0.1) is 0 Å². The normalized spacial score (nSPS) is 13.8. The van der Waals surface area contributed by atoms with Crippen LogP contribution in [0.1, 0.15) is 21.5 Å². The molecule has 0 unspecified atom stereocenters. The molecule has 0 aromatic heterocycles. The lowest BCUT2D eigenvalue weighted by Crippen LogP contribution is -2.17. The highest BCUT2D eigenvalue weighted by Gasteiger charge is 2.31. The molecular formula is C15H10F3NO2. The van der Waals surface area contributed by atoms with E-state index in [9.17, 15) is 18.0 Å². The van der Waals surface area contributed by atoms with Crippen LogP contribution in [0.25, 0.3) is 0 Å². The number of halogens is 3. The van der Waals surface area contributed by atoms with Crippen molar-refractivity contribution in [2.45, 2.75) is 12.8 Å². The molecule has 108 valence electrons. The fourth-order valence-electron chi connectivity index (χ4n) is 2.31. The number of fused-ring (bicyclic) bond motifs is 2. The Morgan fingerprint density at radius 3 is 2.57 bits per heavy atom. The third-order valence-electron chi connectivity index (χ3n) is 3.21. The Morgan fingerprint density at radius 2 is 1.81 bits per heavy atom. The van der Waals surface area contributed by atoms with Crippen molar-refractivity contribution < 1.29 is 22.7 Å². The zero-order valence-electron chi connectivity index (χ0n) is 10.7. The number of alkyl halides is 3. The molecule has 1 heterocycles. The van der Waals surface area contributed by atoms with Gasteiger partial charge in [-0.25, -0.2) is 0 Å². The molecule has 0 saturated carbocycles. The number of anilines is 1. The minimum Gasteiger partial charge on any atom is -0.406 e. The smallest absolute Gasteiger partial charge is 0.406 e. The number of carbonyl (C=O) groups is 1. The van der Waals surface area contributed by atoms with E-state index in [0.29, 0.717) is 17.7 Å². The summed E-state index contributed by atoms with van der Waals surface area (Å²) in [4.78, 5) is 12.1. The number of nitrogens with one attached hydrogen (secondary N) is 1. The second-order valence-corrected chi connectivity index (χ2v) is 4.65. The van der Waals surface area contributed by atoms with E-state index in [1.54, 1.807) is 12.1 Å². The van der Waals surface area contributed by atoms with Crippen molar-refractivity contribution in [1.82, 2.24) is 0 Å². The lowest BCUT2D eigenvalue weighted by Gasteiger charge is -2.12. The van der Waals surface area contributed by atoms with Gasteiger partial charge in [0.05, 0.1) is 0 Å². The van der Waals surface area contributed by atoms with Crippen LogP contribution in [0.3, 0.4) is 0 Å². The van der Waals surface area contributed by atoms with Gasteiger partial charge in [0.1, 0.15) is 5.75 Å². The van der Waals surface area contributed by atoms with E-state index in [0.717, 1.165) is 11.1 Å². The van der Waals surface area contributed by atoms with E-state index in [2.05, 4.69) is 10.1 Å². The summed E-state index contributed by atoms with van der Waals surface area (Å²) in [5, 5.41) is 2.62. The Hall–Kier alpha value is -2.50. The number of rotatable bonds is 1. The van der Waals surface area contributed by atoms with E-state index in [4.69, 9.17) is 0 Å². The van der Waals surface area contributed by atoms with Gasteiger partial charge in [-0.15, -0.1) is 13.2 Å². The zero-order valence-corrected chi connectivity index (χ0v) is 10.7. The number of benzene rings is 2. The second-order valence-electron chi connectivity index (χ2n) is 4.65. The molecule has 2 aromatic carbocycles. The van der Waals surface area contributed by atoms with Crippen LogP contribution in [0.5, 0.6) is 5.75 Å². The van der Waals surface area contributed by atoms with Crippen LogP contribution < -0.4 is 10.1 Å². The van der Waals surface area contributed by atoms with Crippen LogP contribution >= 0.6 is 0 Å². The third-order valence-corrected chi connectivity index (χ3v) is 3.21. The van der Waals surface area contributed by atoms with Gasteiger partial charge in [0.15, 0.2) is 0 Å². The summed E-state index contributed by atoms with van der Waals surface area (Å²) in [6.45, 7) is 0. The molecule has 21 heavy (non-hydrogen) atoms. The molecule has 1 aliphatic heterocycles. The van der Waals surface area contributed by atoms with Gasteiger partial charge in [-0.3, -0.25) is 4.79 Å². The van der Waals surface area contributed by atoms with Gasteiger partial charge in [0.2, 0.25) is 0 Å². The van der Waals surface area contributed by atoms with E-state index in [-0.39, 0.29) is 11.7 Å². The van der Waals surface area contributed by atoms with Crippen molar-refractivity contribution in [3.05, 3.63) is 59.2 Å². The van der Waals surface area contributed by atoms with Crippen LogP contribution in [0.2, 0.25) is 0 Å². The van der Waals surface area contributed by atoms with Crippen LogP contribution in [0.4, 0.5) is 18.9 Å². The van der Waals surface area contributed by atoms with E-state index in [1.165, 1.54) is 18.2 Å². The van der Waals surface area contributed by atoms with Crippen molar-refractivity contribution in [2.24, 2.45) is 0 Å². The maximum absolute atomic E-state index is 12.2. The summed E-state index contributed by atoms with van der Waals surface area (Å²) in [7, 11) is 0. The van der Waals surface area contributed by atoms with Gasteiger partial charge in [0.25, 0.3) is 5.91 Å². The zero-order chi connectivity index (χ0) is 15.0. The summed E-state index contributed by atoms with van der Waals surface area (Å²) in [5.41, 5.74) is 2.42. The first-order valence-electron chi connectivity index (χ1n) is 6.20. The second kappa shape index (κ2) is 4.80. The van der Waals surface area contributed by atoms with Crippen LogP contribution in [0.15, 0.2) is 42.5 Å². The maximum atomic E-state index is 12.2. The highest BCUT2D eigenvalue weighted by atomic mass is 19.4. The lowest BCUT2D eigenvalue weighted by atomic mass is 10.0. The Bertz CT molecular complexity index is 710. The van der Waals surface area contributed by atoms with E-state index < -0.39 is 6.36 Å². The van der Waals surface area contributed by atoms with Crippen molar-refractivity contribution in [2.75, 3.05) is 5.32 Å². The predicted octanol–water partition coefficient (Wildman–Crippen LogP) is 3.74. The average Bonchev–Trinajstić information content (AvgIpc) is 2.53. The summed E-state index contributed by atoms with van der Waals surface area (Å²) < 4.78 is 40.6. The molecule has 0 radical (unpaired) electrons. The molecule has 0 aliphatic carbocycles. The average molecular weight is 293 g/mol.